The summed E-state index contributed by atoms with van der Waals surface area (Å²) in [5, 5.41) is 1.06. The Morgan fingerprint density at radius 2 is 2.09 bits per heavy atom. The zero-order chi connectivity index (χ0) is 15.1. The quantitative estimate of drug-likeness (QED) is 0.809. The molecule has 2 saturated heterocycles. The van der Waals surface area contributed by atoms with Crippen molar-refractivity contribution in [3.63, 3.8) is 0 Å². The minimum Gasteiger partial charge on any atom is -0.346 e. The van der Waals surface area contributed by atoms with Gasteiger partial charge in [-0.2, -0.15) is 0 Å². The highest BCUT2D eigenvalue weighted by Crippen LogP contribution is 2.36. The molecule has 1 aromatic carbocycles. The van der Waals surface area contributed by atoms with Crippen LogP contribution in [0.4, 0.5) is 5.13 Å². The van der Waals surface area contributed by atoms with Crippen molar-refractivity contribution in [2.75, 3.05) is 37.3 Å². The van der Waals surface area contributed by atoms with E-state index in [9.17, 15) is 4.79 Å². The van der Waals surface area contributed by atoms with Gasteiger partial charge in [-0.25, -0.2) is 4.98 Å². The van der Waals surface area contributed by atoms with Crippen molar-refractivity contribution in [2.45, 2.75) is 17.7 Å². The number of amides is 1. The number of aromatic nitrogens is 1. The van der Waals surface area contributed by atoms with Crippen LogP contribution in [0.25, 0.3) is 10.2 Å². The smallest absolute Gasteiger partial charge is 0.229 e. The number of carbonyl (C=O) groups is 1. The van der Waals surface area contributed by atoms with Crippen LogP contribution in [0.3, 0.4) is 0 Å². The maximum Gasteiger partial charge on any atom is 0.229 e. The van der Waals surface area contributed by atoms with E-state index in [0.717, 1.165) is 49.7 Å². The summed E-state index contributed by atoms with van der Waals surface area (Å²) >= 11 is 3.47. The van der Waals surface area contributed by atoms with Crippen molar-refractivity contribution in [2.24, 2.45) is 5.92 Å². The third-order valence-corrected chi connectivity index (χ3v) is 6.36. The maximum atomic E-state index is 12.4. The minimum atomic E-state index is 0.171. The van der Waals surface area contributed by atoms with Gasteiger partial charge in [0.15, 0.2) is 5.13 Å². The first kappa shape index (κ1) is 14.3. The van der Waals surface area contributed by atoms with Gasteiger partial charge in [0.1, 0.15) is 0 Å². The lowest BCUT2D eigenvalue weighted by atomic mass is 9.99. The molecule has 22 heavy (non-hydrogen) atoms. The molecule has 3 heterocycles. The maximum absolute atomic E-state index is 12.4. The van der Waals surface area contributed by atoms with E-state index in [1.54, 1.807) is 23.1 Å². The van der Waals surface area contributed by atoms with Crippen LogP contribution in [0, 0.1) is 5.92 Å². The lowest BCUT2D eigenvalue weighted by Gasteiger charge is -2.39. The Labute approximate surface area is 138 Å². The fourth-order valence-electron chi connectivity index (χ4n) is 3.20. The lowest BCUT2D eigenvalue weighted by Crippen LogP contribution is -2.54. The number of para-hydroxylation sites is 1. The van der Waals surface area contributed by atoms with Crippen LogP contribution in [-0.4, -0.2) is 48.2 Å². The van der Waals surface area contributed by atoms with Crippen molar-refractivity contribution in [3.05, 3.63) is 18.2 Å². The number of anilines is 1. The predicted octanol–water partition coefficient (Wildman–Crippen LogP) is 3.08. The predicted molar refractivity (Wildman–Crippen MR) is 92.9 cm³/mol. The second-order valence-corrected chi connectivity index (χ2v) is 7.79. The number of benzene rings is 1. The fourth-order valence-corrected chi connectivity index (χ4v) is 4.84. The van der Waals surface area contributed by atoms with Gasteiger partial charge in [0.05, 0.1) is 16.1 Å². The van der Waals surface area contributed by atoms with Crippen molar-refractivity contribution >= 4 is 44.4 Å². The normalized spacial score (nSPS) is 19.0. The third kappa shape index (κ3) is 2.38. The lowest BCUT2D eigenvalue weighted by molar-refractivity contribution is -0.135. The summed E-state index contributed by atoms with van der Waals surface area (Å²) in [5.41, 5.74) is 1.10. The van der Waals surface area contributed by atoms with E-state index >= 15 is 0 Å². The van der Waals surface area contributed by atoms with Gasteiger partial charge in [-0.15, -0.1) is 11.8 Å². The van der Waals surface area contributed by atoms with Crippen LogP contribution >= 0.6 is 23.1 Å². The summed E-state index contributed by atoms with van der Waals surface area (Å²) < 4.78 is 1.23. The molecule has 0 N–H and O–H groups in total. The minimum absolute atomic E-state index is 0.171. The molecule has 1 amide bonds. The Kier molecular flexibility index (Phi) is 3.74. The fraction of sp³-hybridized carbons (Fsp3) is 0.500. The van der Waals surface area contributed by atoms with Crippen LogP contribution in [0.5, 0.6) is 0 Å². The van der Waals surface area contributed by atoms with Gasteiger partial charge in [-0.05, 0) is 31.2 Å². The Morgan fingerprint density at radius 1 is 1.32 bits per heavy atom. The molecule has 4 nitrogen and oxygen atoms in total. The van der Waals surface area contributed by atoms with E-state index in [-0.39, 0.29) is 5.92 Å². The molecule has 0 saturated carbocycles. The molecule has 0 aliphatic carbocycles. The molecule has 6 heteroatoms. The summed E-state index contributed by atoms with van der Waals surface area (Å²) in [6.45, 7) is 3.55. The third-order valence-electron chi connectivity index (χ3n) is 4.51. The molecule has 2 fully saturated rings. The molecule has 2 aliphatic rings. The summed E-state index contributed by atoms with van der Waals surface area (Å²) in [5.74, 6) is 0.518. The van der Waals surface area contributed by atoms with Gasteiger partial charge in [0.2, 0.25) is 5.91 Å². The van der Waals surface area contributed by atoms with Crippen LogP contribution in [0.1, 0.15) is 12.8 Å². The Bertz CT molecular complexity index is 702. The van der Waals surface area contributed by atoms with E-state index in [4.69, 9.17) is 4.98 Å². The van der Waals surface area contributed by atoms with Crippen LogP contribution in [0.15, 0.2) is 23.1 Å². The first-order valence-electron chi connectivity index (χ1n) is 7.73. The highest BCUT2D eigenvalue weighted by molar-refractivity contribution is 7.98. The van der Waals surface area contributed by atoms with Gasteiger partial charge in [0.25, 0.3) is 0 Å². The first-order valence-corrected chi connectivity index (χ1v) is 9.77. The molecular weight excluding hydrogens is 314 g/mol. The van der Waals surface area contributed by atoms with Gasteiger partial charge < -0.3 is 9.80 Å². The number of thiazole rings is 1. The molecule has 0 radical (unpaired) electrons. The molecule has 0 unspecified atom stereocenters. The average molecular weight is 333 g/mol. The summed E-state index contributed by atoms with van der Waals surface area (Å²) in [6.07, 6.45) is 4.41. The van der Waals surface area contributed by atoms with E-state index in [2.05, 4.69) is 29.4 Å². The zero-order valence-electron chi connectivity index (χ0n) is 12.6. The molecule has 2 aliphatic heterocycles. The number of thioether (sulfide) groups is 1. The zero-order valence-corrected chi connectivity index (χ0v) is 14.3. The summed E-state index contributed by atoms with van der Waals surface area (Å²) in [6, 6.07) is 6.33. The van der Waals surface area contributed by atoms with E-state index < -0.39 is 0 Å². The second kappa shape index (κ2) is 5.74. The van der Waals surface area contributed by atoms with Crippen molar-refractivity contribution in [1.29, 1.82) is 0 Å². The Morgan fingerprint density at radius 3 is 2.82 bits per heavy atom. The SMILES string of the molecule is CSc1cccc2sc(N3CC(C(=O)N4CCCC4)C3)nc12. The number of carbonyl (C=O) groups excluding carboxylic acids is 1. The molecule has 0 atom stereocenters. The van der Waals surface area contributed by atoms with Crippen molar-refractivity contribution < 1.29 is 4.79 Å². The molecule has 4 rings (SSSR count). The number of hydrogen-bond acceptors (Lipinski definition) is 5. The average Bonchev–Trinajstić information content (AvgIpc) is 3.14. The van der Waals surface area contributed by atoms with Gasteiger partial charge in [-0.3, -0.25) is 4.79 Å². The monoisotopic (exact) mass is 333 g/mol. The molecule has 116 valence electrons. The van der Waals surface area contributed by atoms with Crippen LogP contribution in [0.2, 0.25) is 0 Å². The highest BCUT2D eigenvalue weighted by Gasteiger charge is 2.37. The van der Waals surface area contributed by atoms with Crippen molar-refractivity contribution in [1.82, 2.24) is 9.88 Å². The Balaban J connectivity index is 1.47. The molecular formula is C16H19N3OS2. The van der Waals surface area contributed by atoms with Crippen molar-refractivity contribution in [3.8, 4) is 0 Å². The van der Waals surface area contributed by atoms with Gasteiger partial charge in [0, 0.05) is 31.1 Å². The van der Waals surface area contributed by atoms with Gasteiger partial charge >= 0.3 is 0 Å². The number of nitrogens with zero attached hydrogens (tertiary/aromatic N) is 3. The number of hydrogen-bond donors (Lipinski definition) is 0. The second-order valence-electron chi connectivity index (χ2n) is 5.94. The highest BCUT2D eigenvalue weighted by atomic mass is 32.2. The topological polar surface area (TPSA) is 36.4 Å². The Hall–Kier alpha value is -1.27. The molecule has 0 bridgehead atoms. The summed E-state index contributed by atoms with van der Waals surface area (Å²) in [7, 11) is 0. The largest absolute Gasteiger partial charge is 0.346 e. The van der Waals surface area contributed by atoms with Crippen LogP contribution < -0.4 is 4.90 Å². The van der Waals surface area contributed by atoms with E-state index in [1.165, 1.54) is 9.60 Å². The molecule has 1 aromatic heterocycles. The summed E-state index contributed by atoms with van der Waals surface area (Å²) in [4.78, 5) is 22.7. The van der Waals surface area contributed by atoms with E-state index in [0.29, 0.717) is 5.91 Å². The van der Waals surface area contributed by atoms with Crippen LogP contribution in [-0.2, 0) is 4.79 Å². The molecule has 2 aromatic rings. The number of likely N-dealkylation sites (tertiary alicyclic amines) is 1. The standard InChI is InChI=1S/C16H19N3OS2/c1-21-12-5-4-6-13-14(12)17-16(22-13)19-9-11(10-19)15(20)18-7-2-3-8-18/h4-6,11H,2-3,7-10H2,1H3. The van der Waals surface area contributed by atoms with E-state index in [1.807, 2.05) is 4.90 Å². The molecule has 0 spiro atoms. The number of rotatable bonds is 3. The number of fused-ring (bicyclic) bond motifs is 1. The van der Waals surface area contributed by atoms with Gasteiger partial charge in [-0.1, -0.05) is 17.4 Å². The first-order chi connectivity index (χ1) is 10.8.